The van der Waals surface area contributed by atoms with Gasteiger partial charge in [0.1, 0.15) is 0 Å². The van der Waals surface area contributed by atoms with Crippen LogP contribution < -0.4 is 0 Å². The van der Waals surface area contributed by atoms with Gasteiger partial charge in [-0.1, -0.05) is 26.0 Å². The summed E-state index contributed by atoms with van der Waals surface area (Å²) in [6, 6.07) is 6.47. The van der Waals surface area contributed by atoms with E-state index in [1.165, 1.54) is 20.8 Å². The van der Waals surface area contributed by atoms with E-state index in [0.29, 0.717) is 5.92 Å². The molecule has 2 nitrogen and oxygen atoms in total. The van der Waals surface area contributed by atoms with E-state index in [2.05, 4.69) is 48.1 Å². The van der Waals surface area contributed by atoms with E-state index in [4.69, 9.17) is 0 Å². The van der Waals surface area contributed by atoms with Gasteiger partial charge in [-0.2, -0.15) is 0 Å². The highest BCUT2D eigenvalue weighted by Gasteiger charge is 2.09. The molecule has 0 saturated heterocycles. The number of benzene rings is 1. The highest BCUT2D eigenvalue weighted by molar-refractivity contribution is 7.18. The minimum absolute atomic E-state index is 0.503. The Labute approximate surface area is 105 Å². The van der Waals surface area contributed by atoms with Gasteiger partial charge in [-0.05, 0) is 23.3 Å². The zero-order chi connectivity index (χ0) is 11.8. The van der Waals surface area contributed by atoms with E-state index in [1.807, 2.05) is 6.21 Å². The van der Waals surface area contributed by atoms with Crippen molar-refractivity contribution < 1.29 is 0 Å². The monoisotopic (exact) mass is 242 g/mol. The molecule has 1 aliphatic rings. The van der Waals surface area contributed by atoms with Crippen molar-refractivity contribution in [3.8, 4) is 0 Å². The van der Waals surface area contributed by atoms with Gasteiger partial charge in [-0.3, -0.25) is 4.99 Å². The number of hydrogen-bond donors (Lipinski definition) is 0. The molecule has 2 heterocycles. The van der Waals surface area contributed by atoms with Crippen molar-refractivity contribution in [2.45, 2.75) is 19.8 Å². The lowest BCUT2D eigenvalue weighted by Crippen LogP contribution is -1.83. The third-order valence-electron chi connectivity index (χ3n) is 2.88. The third-order valence-corrected chi connectivity index (χ3v) is 4.20. The molecule has 86 valence electrons. The standard InChI is InChI=1S/C14H14N2S/c1-9(2)14-16-12-4-3-10(7-13(12)17-14)11-5-6-15-8-11/h3-5,7-9H,6H2,1-2H3. The van der Waals surface area contributed by atoms with Crippen molar-refractivity contribution in [2.75, 3.05) is 6.54 Å². The predicted octanol–water partition coefficient (Wildman–Crippen LogP) is 3.89. The van der Waals surface area contributed by atoms with Crippen molar-refractivity contribution in [3.05, 3.63) is 34.8 Å². The van der Waals surface area contributed by atoms with Crippen LogP contribution in [0.25, 0.3) is 15.8 Å². The largest absolute Gasteiger partial charge is 0.288 e. The Bertz CT molecular complexity index is 620. The first kappa shape index (κ1) is 10.7. The summed E-state index contributed by atoms with van der Waals surface area (Å²) in [6.07, 6.45) is 4.11. The first-order chi connectivity index (χ1) is 8.24. The van der Waals surface area contributed by atoms with Crippen molar-refractivity contribution in [3.63, 3.8) is 0 Å². The van der Waals surface area contributed by atoms with Crippen molar-refractivity contribution >= 4 is 33.3 Å². The van der Waals surface area contributed by atoms with Crippen molar-refractivity contribution in [1.29, 1.82) is 0 Å². The molecular weight excluding hydrogens is 228 g/mol. The Balaban J connectivity index is 2.09. The molecular formula is C14H14N2S. The second-order valence-corrected chi connectivity index (χ2v) is 5.61. The second kappa shape index (κ2) is 4.08. The lowest BCUT2D eigenvalue weighted by molar-refractivity contribution is 0.857. The van der Waals surface area contributed by atoms with E-state index < -0.39 is 0 Å². The molecule has 2 aromatic rings. The summed E-state index contributed by atoms with van der Waals surface area (Å²) in [5, 5.41) is 1.21. The highest BCUT2D eigenvalue weighted by Crippen LogP contribution is 2.29. The topological polar surface area (TPSA) is 25.2 Å². The first-order valence-corrected chi connectivity index (χ1v) is 6.66. The smallest absolute Gasteiger partial charge is 0.0963 e. The maximum absolute atomic E-state index is 4.65. The van der Waals surface area contributed by atoms with Crippen LogP contribution >= 0.6 is 11.3 Å². The van der Waals surface area contributed by atoms with Gasteiger partial charge in [0.05, 0.1) is 21.8 Å². The number of thiazole rings is 1. The Hall–Kier alpha value is -1.48. The van der Waals surface area contributed by atoms with Crippen LogP contribution in [0.3, 0.4) is 0 Å². The normalized spacial score (nSPS) is 14.9. The van der Waals surface area contributed by atoms with Crippen LogP contribution in [-0.4, -0.2) is 17.7 Å². The van der Waals surface area contributed by atoms with Gasteiger partial charge in [-0.15, -0.1) is 11.3 Å². The van der Waals surface area contributed by atoms with Gasteiger partial charge in [0.2, 0.25) is 0 Å². The summed E-state index contributed by atoms with van der Waals surface area (Å²) < 4.78 is 1.27. The maximum Gasteiger partial charge on any atom is 0.0963 e. The highest BCUT2D eigenvalue weighted by atomic mass is 32.1. The summed E-state index contributed by atoms with van der Waals surface area (Å²) in [5.41, 5.74) is 3.59. The number of nitrogens with zero attached hydrogens (tertiary/aromatic N) is 2. The number of aliphatic imine (C=N–C) groups is 1. The third kappa shape index (κ3) is 1.91. The van der Waals surface area contributed by atoms with E-state index in [-0.39, 0.29) is 0 Å². The number of hydrogen-bond acceptors (Lipinski definition) is 3. The summed E-state index contributed by atoms with van der Waals surface area (Å²) in [4.78, 5) is 8.87. The minimum Gasteiger partial charge on any atom is -0.288 e. The fraction of sp³-hybridized carbons (Fsp3) is 0.286. The van der Waals surface area contributed by atoms with E-state index in [0.717, 1.165) is 12.1 Å². The molecule has 3 heteroatoms. The summed E-state index contributed by atoms with van der Waals surface area (Å²) >= 11 is 1.80. The zero-order valence-corrected chi connectivity index (χ0v) is 10.8. The number of fused-ring (bicyclic) bond motifs is 1. The quantitative estimate of drug-likeness (QED) is 0.784. The molecule has 0 bridgehead atoms. The van der Waals surface area contributed by atoms with Crippen LogP contribution in [-0.2, 0) is 0 Å². The molecule has 1 aliphatic heterocycles. The van der Waals surface area contributed by atoms with Crippen LogP contribution in [0.2, 0.25) is 0 Å². The van der Waals surface area contributed by atoms with Gasteiger partial charge >= 0.3 is 0 Å². The molecule has 1 aromatic carbocycles. The van der Waals surface area contributed by atoms with Gasteiger partial charge in [0.15, 0.2) is 0 Å². The summed E-state index contributed by atoms with van der Waals surface area (Å²) in [7, 11) is 0. The Morgan fingerprint density at radius 1 is 1.29 bits per heavy atom. The minimum atomic E-state index is 0.503. The first-order valence-electron chi connectivity index (χ1n) is 5.85. The molecule has 0 saturated carbocycles. The Kier molecular flexibility index (Phi) is 2.56. The van der Waals surface area contributed by atoms with Crippen LogP contribution in [0.15, 0.2) is 29.3 Å². The van der Waals surface area contributed by atoms with Gasteiger partial charge < -0.3 is 0 Å². The fourth-order valence-electron chi connectivity index (χ4n) is 1.92. The average molecular weight is 242 g/mol. The molecule has 0 spiro atoms. The van der Waals surface area contributed by atoms with Gasteiger partial charge in [0, 0.05) is 12.1 Å². The number of allylic oxidation sites excluding steroid dienone is 1. The molecule has 0 amide bonds. The van der Waals surface area contributed by atoms with Crippen molar-refractivity contribution in [2.24, 2.45) is 4.99 Å². The molecule has 0 radical (unpaired) electrons. The van der Waals surface area contributed by atoms with Crippen LogP contribution in [0, 0.1) is 0 Å². The molecule has 0 atom stereocenters. The summed E-state index contributed by atoms with van der Waals surface area (Å²) in [5.74, 6) is 0.503. The molecule has 3 rings (SSSR count). The van der Waals surface area contributed by atoms with E-state index in [1.54, 1.807) is 11.3 Å². The van der Waals surface area contributed by atoms with Crippen LogP contribution in [0.5, 0.6) is 0 Å². The maximum atomic E-state index is 4.65. The molecule has 17 heavy (non-hydrogen) atoms. The van der Waals surface area contributed by atoms with Gasteiger partial charge in [-0.25, -0.2) is 4.98 Å². The molecule has 1 aromatic heterocycles. The lowest BCUT2D eigenvalue weighted by atomic mass is 10.1. The molecule has 0 aliphatic carbocycles. The molecule has 0 unspecified atom stereocenters. The average Bonchev–Trinajstić information content (AvgIpc) is 2.97. The molecule has 0 fully saturated rings. The Morgan fingerprint density at radius 3 is 2.88 bits per heavy atom. The van der Waals surface area contributed by atoms with Crippen LogP contribution in [0.1, 0.15) is 30.3 Å². The molecule has 0 N–H and O–H groups in total. The second-order valence-electron chi connectivity index (χ2n) is 4.54. The van der Waals surface area contributed by atoms with Crippen molar-refractivity contribution in [1.82, 2.24) is 4.98 Å². The van der Waals surface area contributed by atoms with Gasteiger partial charge in [0.25, 0.3) is 0 Å². The van der Waals surface area contributed by atoms with E-state index in [9.17, 15) is 0 Å². The number of aromatic nitrogens is 1. The van der Waals surface area contributed by atoms with E-state index >= 15 is 0 Å². The predicted molar refractivity (Wildman–Crippen MR) is 75.0 cm³/mol. The number of rotatable bonds is 2. The SMILES string of the molecule is CC(C)c1nc2ccc(C3=CCN=C3)cc2s1. The summed E-state index contributed by atoms with van der Waals surface area (Å²) in [6.45, 7) is 5.18. The zero-order valence-electron chi connectivity index (χ0n) is 9.97. The Morgan fingerprint density at radius 2 is 2.18 bits per heavy atom. The fourth-order valence-corrected chi connectivity index (χ4v) is 2.93. The van der Waals surface area contributed by atoms with Crippen LogP contribution in [0.4, 0.5) is 0 Å². The lowest BCUT2D eigenvalue weighted by Gasteiger charge is -1.97.